The van der Waals surface area contributed by atoms with E-state index < -0.39 is 0 Å². The van der Waals surface area contributed by atoms with Gasteiger partial charge in [-0.25, -0.2) is 9.67 Å². The van der Waals surface area contributed by atoms with Crippen LogP contribution < -0.4 is 15.4 Å². The molecule has 0 unspecified atom stereocenters. The number of rotatable bonds is 6. The van der Waals surface area contributed by atoms with Crippen LogP contribution in [0.5, 0.6) is 5.75 Å². The number of methoxy groups -OCH3 is 1. The van der Waals surface area contributed by atoms with Crippen molar-refractivity contribution in [1.82, 2.24) is 24.6 Å². The molecule has 0 radical (unpaired) electrons. The Kier molecular flexibility index (Phi) is 6.57. The van der Waals surface area contributed by atoms with Crippen molar-refractivity contribution in [2.24, 2.45) is 0 Å². The van der Waals surface area contributed by atoms with Crippen molar-refractivity contribution in [2.45, 2.75) is 6.54 Å². The van der Waals surface area contributed by atoms with Crippen LogP contribution in [-0.4, -0.2) is 57.9 Å². The van der Waals surface area contributed by atoms with Gasteiger partial charge in [-0.3, -0.25) is 4.90 Å². The van der Waals surface area contributed by atoms with Crippen molar-refractivity contribution < 1.29 is 4.74 Å². The molecule has 0 bridgehead atoms. The fraction of sp³-hybridized carbons (Fsp3) is 0.207. The zero-order valence-electron chi connectivity index (χ0n) is 21.1. The number of nitrogens with two attached hydrogens (primary N) is 1. The van der Waals surface area contributed by atoms with Crippen LogP contribution in [0.1, 0.15) is 5.56 Å². The van der Waals surface area contributed by atoms with E-state index in [4.69, 9.17) is 37.1 Å². The van der Waals surface area contributed by atoms with Gasteiger partial charge in [0.2, 0.25) is 5.95 Å². The molecule has 192 valence electrons. The second kappa shape index (κ2) is 10.3. The molecule has 8 nitrogen and oxygen atoms in total. The standard InChI is InChI=1S/C29H28ClN7O/c1-38-24-10-6-5-9-23(24)26-25-27(31)37(22-13-11-21(30)12-14-22)34-28(25)33-29(32-26)36-17-15-35(16-18-36)19-20-7-3-2-4-8-20/h2-14H,15-19,31H2,1H3. The Morgan fingerprint density at radius 2 is 1.58 bits per heavy atom. The van der Waals surface area contributed by atoms with E-state index in [9.17, 15) is 0 Å². The first-order valence-electron chi connectivity index (χ1n) is 12.6. The molecule has 0 aliphatic carbocycles. The molecule has 0 saturated carbocycles. The topological polar surface area (TPSA) is 85.3 Å². The number of nitrogens with zero attached hydrogens (tertiary/aromatic N) is 6. The fourth-order valence-corrected chi connectivity index (χ4v) is 5.03. The maximum absolute atomic E-state index is 6.69. The molecule has 5 aromatic rings. The van der Waals surface area contributed by atoms with Crippen molar-refractivity contribution >= 4 is 34.4 Å². The minimum atomic E-state index is 0.461. The van der Waals surface area contributed by atoms with Crippen molar-refractivity contribution in [3.8, 4) is 22.7 Å². The average molecular weight is 526 g/mol. The molecule has 6 rings (SSSR count). The average Bonchev–Trinajstić information content (AvgIpc) is 3.30. The minimum absolute atomic E-state index is 0.461. The summed E-state index contributed by atoms with van der Waals surface area (Å²) in [7, 11) is 1.66. The number of para-hydroxylation sites is 1. The van der Waals surface area contributed by atoms with Gasteiger partial charge >= 0.3 is 0 Å². The molecule has 1 aliphatic rings. The van der Waals surface area contributed by atoms with E-state index in [2.05, 4.69) is 40.1 Å². The van der Waals surface area contributed by atoms with Crippen LogP contribution >= 0.6 is 11.6 Å². The van der Waals surface area contributed by atoms with Crippen LogP contribution in [0.25, 0.3) is 28.0 Å². The summed E-state index contributed by atoms with van der Waals surface area (Å²) in [4.78, 5) is 14.6. The molecule has 0 atom stereocenters. The highest BCUT2D eigenvalue weighted by molar-refractivity contribution is 6.30. The molecule has 1 aliphatic heterocycles. The monoisotopic (exact) mass is 525 g/mol. The molecule has 3 heterocycles. The SMILES string of the molecule is COc1ccccc1-c1nc(N2CCN(Cc3ccccc3)CC2)nc2nn(-c3ccc(Cl)cc3)c(N)c12. The number of ether oxygens (including phenoxy) is 1. The van der Waals surface area contributed by atoms with Crippen molar-refractivity contribution in [1.29, 1.82) is 0 Å². The number of piperazine rings is 1. The lowest BCUT2D eigenvalue weighted by molar-refractivity contribution is 0.249. The number of fused-ring (bicyclic) bond motifs is 1. The third kappa shape index (κ3) is 4.64. The molecule has 9 heteroatoms. The van der Waals surface area contributed by atoms with Crippen LogP contribution in [0, 0.1) is 0 Å². The van der Waals surface area contributed by atoms with Gasteiger partial charge in [0.15, 0.2) is 5.65 Å². The Morgan fingerprint density at radius 1 is 0.868 bits per heavy atom. The van der Waals surface area contributed by atoms with Gasteiger partial charge in [-0.1, -0.05) is 54.1 Å². The summed E-state index contributed by atoms with van der Waals surface area (Å²) in [5.74, 6) is 1.81. The van der Waals surface area contributed by atoms with Crippen LogP contribution in [0.4, 0.5) is 11.8 Å². The zero-order valence-corrected chi connectivity index (χ0v) is 21.8. The van der Waals surface area contributed by atoms with Crippen LogP contribution in [0.15, 0.2) is 78.9 Å². The summed E-state index contributed by atoms with van der Waals surface area (Å²) < 4.78 is 7.38. The quantitative estimate of drug-likeness (QED) is 0.332. The van der Waals surface area contributed by atoms with Crippen LogP contribution in [0.2, 0.25) is 5.02 Å². The molecular formula is C29H28ClN7O. The van der Waals surface area contributed by atoms with Gasteiger partial charge in [-0.2, -0.15) is 4.98 Å². The highest BCUT2D eigenvalue weighted by atomic mass is 35.5. The summed E-state index contributed by atoms with van der Waals surface area (Å²) in [6.45, 7) is 4.40. The Hall–Kier alpha value is -4.14. The molecule has 0 amide bonds. The summed E-state index contributed by atoms with van der Waals surface area (Å²) in [5, 5.41) is 6.14. The number of nitrogen functional groups attached to an aromatic ring is 1. The number of aromatic nitrogens is 4. The highest BCUT2D eigenvalue weighted by Crippen LogP contribution is 2.37. The lowest BCUT2D eigenvalue weighted by Gasteiger charge is -2.34. The van der Waals surface area contributed by atoms with Crippen molar-refractivity contribution in [3.63, 3.8) is 0 Å². The van der Waals surface area contributed by atoms with E-state index >= 15 is 0 Å². The van der Waals surface area contributed by atoms with Gasteiger partial charge < -0.3 is 15.4 Å². The lowest BCUT2D eigenvalue weighted by Crippen LogP contribution is -2.46. The van der Waals surface area contributed by atoms with Crippen molar-refractivity contribution in [3.05, 3.63) is 89.4 Å². The maximum atomic E-state index is 6.69. The minimum Gasteiger partial charge on any atom is -0.496 e. The summed E-state index contributed by atoms with van der Waals surface area (Å²) >= 11 is 6.11. The Morgan fingerprint density at radius 3 is 2.32 bits per heavy atom. The Bertz CT molecular complexity index is 1560. The Balaban J connectivity index is 1.39. The number of halogens is 1. The number of anilines is 2. The molecule has 3 aromatic carbocycles. The predicted molar refractivity (Wildman–Crippen MR) is 152 cm³/mol. The third-order valence-electron chi connectivity index (χ3n) is 6.89. The molecule has 2 aromatic heterocycles. The summed E-state index contributed by atoms with van der Waals surface area (Å²) in [5.41, 5.74) is 10.9. The number of benzene rings is 3. The van der Waals surface area contributed by atoms with E-state index in [0.717, 1.165) is 44.0 Å². The molecule has 2 N–H and O–H groups in total. The lowest BCUT2D eigenvalue weighted by atomic mass is 10.1. The smallest absolute Gasteiger partial charge is 0.228 e. The first-order valence-corrected chi connectivity index (χ1v) is 13.0. The van der Waals surface area contributed by atoms with Crippen molar-refractivity contribution in [2.75, 3.05) is 43.9 Å². The summed E-state index contributed by atoms with van der Waals surface area (Å²) in [6, 6.07) is 25.8. The van der Waals surface area contributed by atoms with E-state index in [1.165, 1.54) is 5.56 Å². The van der Waals surface area contributed by atoms with Gasteiger partial charge in [-0.15, -0.1) is 5.10 Å². The normalized spacial score (nSPS) is 14.2. The Labute approximate surface area is 226 Å². The zero-order chi connectivity index (χ0) is 26.1. The molecular weight excluding hydrogens is 498 g/mol. The molecule has 0 spiro atoms. The number of hydrogen-bond acceptors (Lipinski definition) is 7. The van der Waals surface area contributed by atoms with Gasteiger partial charge in [0, 0.05) is 43.3 Å². The second-order valence-electron chi connectivity index (χ2n) is 9.29. The highest BCUT2D eigenvalue weighted by Gasteiger charge is 2.25. The predicted octanol–water partition coefficient (Wildman–Crippen LogP) is 5.05. The first kappa shape index (κ1) is 24.2. The van der Waals surface area contributed by atoms with Gasteiger partial charge in [-0.05, 0) is 42.0 Å². The van der Waals surface area contributed by atoms with E-state index in [0.29, 0.717) is 39.3 Å². The third-order valence-corrected chi connectivity index (χ3v) is 7.15. The van der Waals surface area contributed by atoms with E-state index in [1.807, 2.05) is 48.5 Å². The van der Waals surface area contributed by atoms with Gasteiger partial charge in [0.25, 0.3) is 0 Å². The summed E-state index contributed by atoms with van der Waals surface area (Å²) in [6.07, 6.45) is 0. The van der Waals surface area contributed by atoms with Crippen LogP contribution in [-0.2, 0) is 6.54 Å². The first-order chi connectivity index (χ1) is 18.6. The van der Waals surface area contributed by atoms with E-state index in [-0.39, 0.29) is 0 Å². The molecule has 38 heavy (non-hydrogen) atoms. The number of hydrogen-bond donors (Lipinski definition) is 1. The van der Waals surface area contributed by atoms with Gasteiger partial charge in [0.1, 0.15) is 11.6 Å². The molecule has 1 fully saturated rings. The van der Waals surface area contributed by atoms with E-state index in [1.54, 1.807) is 11.8 Å². The largest absolute Gasteiger partial charge is 0.496 e. The molecule has 1 saturated heterocycles. The van der Waals surface area contributed by atoms with Gasteiger partial charge in [0.05, 0.1) is 23.9 Å². The van der Waals surface area contributed by atoms with Crippen LogP contribution in [0.3, 0.4) is 0 Å². The second-order valence-corrected chi connectivity index (χ2v) is 9.73. The fourth-order valence-electron chi connectivity index (χ4n) is 4.90. The maximum Gasteiger partial charge on any atom is 0.228 e.